The topological polar surface area (TPSA) is 51.2 Å². The van der Waals surface area contributed by atoms with E-state index in [1.807, 2.05) is 13.8 Å². The highest BCUT2D eigenvalue weighted by molar-refractivity contribution is 6.34. The summed E-state index contributed by atoms with van der Waals surface area (Å²) in [5.41, 5.74) is 0.133. The van der Waals surface area contributed by atoms with Crippen molar-refractivity contribution in [1.82, 2.24) is 10.3 Å². The lowest BCUT2D eigenvalue weighted by Crippen LogP contribution is -2.45. The fraction of sp³-hybridized carbons (Fsp3) is 0.538. The maximum absolute atomic E-state index is 12.1. The molecule has 2 rings (SSSR count). The molecule has 1 aromatic heterocycles. The van der Waals surface area contributed by atoms with Gasteiger partial charge in [-0.25, -0.2) is 4.98 Å². The summed E-state index contributed by atoms with van der Waals surface area (Å²) < 4.78 is 5.62. The Kier molecular flexibility index (Phi) is 4.33. The van der Waals surface area contributed by atoms with Gasteiger partial charge in [0.15, 0.2) is 0 Å². The first-order valence-corrected chi connectivity index (χ1v) is 6.90. The van der Waals surface area contributed by atoms with Crippen molar-refractivity contribution in [3.8, 4) is 0 Å². The predicted octanol–water partition coefficient (Wildman–Crippen LogP) is 3.08. The monoisotopic (exact) mass is 302 g/mol. The van der Waals surface area contributed by atoms with Crippen LogP contribution >= 0.6 is 23.2 Å². The number of halogens is 2. The molecule has 1 aliphatic rings. The molecule has 0 aromatic carbocycles. The quantitative estimate of drug-likeness (QED) is 0.854. The summed E-state index contributed by atoms with van der Waals surface area (Å²) in [6, 6.07) is 3.22. The normalized spacial score (nSPS) is 22.0. The third-order valence-corrected chi connectivity index (χ3v) is 3.59. The van der Waals surface area contributed by atoms with Gasteiger partial charge in [0.2, 0.25) is 0 Å². The van der Waals surface area contributed by atoms with E-state index in [0.29, 0.717) is 12.2 Å². The molecule has 1 aliphatic heterocycles. The molecule has 0 saturated carbocycles. The zero-order valence-electron chi connectivity index (χ0n) is 10.9. The Balaban J connectivity index is 2.04. The van der Waals surface area contributed by atoms with Crippen LogP contribution in [0.3, 0.4) is 0 Å². The molecule has 1 saturated heterocycles. The van der Waals surface area contributed by atoms with E-state index in [1.165, 1.54) is 0 Å². The van der Waals surface area contributed by atoms with Crippen LogP contribution in [0.5, 0.6) is 0 Å². The van der Waals surface area contributed by atoms with Crippen molar-refractivity contribution >= 4 is 29.1 Å². The second-order valence-corrected chi connectivity index (χ2v) is 5.99. The van der Waals surface area contributed by atoms with Crippen molar-refractivity contribution < 1.29 is 9.53 Å². The maximum atomic E-state index is 12.1. The molecular weight excluding hydrogens is 287 g/mol. The Morgan fingerprint density at radius 3 is 2.84 bits per heavy atom. The standard InChI is InChI=1S/C13H16Cl2N2O2/c1-13(2)7-8(5-6-19-13)16-12(18)9-3-4-10(14)17-11(9)15/h3-4,8H,5-7H2,1-2H3,(H,16,18). The summed E-state index contributed by atoms with van der Waals surface area (Å²) in [5, 5.41) is 3.36. The molecule has 6 heteroatoms. The molecule has 1 amide bonds. The second-order valence-electron chi connectivity index (χ2n) is 5.24. The summed E-state index contributed by atoms with van der Waals surface area (Å²) in [5.74, 6) is -0.225. The van der Waals surface area contributed by atoms with Crippen LogP contribution in [0.1, 0.15) is 37.0 Å². The number of nitrogens with one attached hydrogen (secondary N) is 1. The van der Waals surface area contributed by atoms with Crippen molar-refractivity contribution in [1.29, 1.82) is 0 Å². The highest BCUT2D eigenvalue weighted by atomic mass is 35.5. The van der Waals surface area contributed by atoms with Gasteiger partial charge >= 0.3 is 0 Å². The van der Waals surface area contributed by atoms with E-state index in [1.54, 1.807) is 12.1 Å². The van der Waals surface area contributed by atoms with Gasteiger partial charge in [-0.05, 0) is 38.8 Å². The van der Waals surface area contributed by atoms with Gasteiger partial charge in [0.25, 0.3) is 5.91 Å². The van der Waals surface area contributed by atoms with Crippen LogP contribution in [0, 0.1) is 0 Å². The number of pyridine rings is 1. The van der Waals surface area contributed by atoms with Crippen LogP contribution in [-0.4, -0.2) is 29.1 Å². The molecule has 0 aliphatic carbocycles. The Morgan fingerprint density at radius 1 is 1.47 bits per heavy atom. The molecule has 1 atom stereocenters. The molecule has 4 nitrogen and oxygen atoms in total. The number of hydrogen-bond donors (Lipinski definition) is 1. The van der Waals surface area contributed by atoms with Gasteiger partial charge in [0, 0.05) is 12.6 Å². The minimum Gasteiger partial charge on any atom is -0.375 e. The van der Waals surface area contributed by atoms with E-state index in [9.17, 15) is 4.79 Å². The molecule has 1 unspecified atom stereocenters. The summed E-state index contributed by atoms with van der Waals surface area (Å²) >= 11 is 11.6. The Morgan fingerprint density at radius 2 is 2.21 bits per heavy atom. The third-order valence-electron chi connectivity index (χ3n) is 3.09. The Labute approximate surface area is 122 Å². The highest BCUT2D eigenvalue weighted by Crippen LogP contribution is 2.24. The van der Waals surface area contributed by atoms with E-state index < -0.39 is 0 Å². The van der Waals surface area contributed by atoms with E-state index in [0.717, 1.165) is 12.8 Å². The molecular formula is C13H16Cl2N2O2. The molecule has 0 spiro atoms. The average molecular weight is 303 g/mol. The molecule has 0 radical (unpaired) electrons. The van der Waals surface area contributed by atoms with Crippen LogP contribution < -0.4 is 5.32 Å². The van der Waals surface area contributed by atoms with Crippen LogP contribution in [0.2, 0.25) is 10.3 Å². The third kappa shape index (κ3) is 3.81. The molecule has 19 heavy (non-hydrogen) atoms. The van der Waals surface area contributed by atoms with Gasteiger partial charge in [-0.2, -0.15) is 0 Å². The highest BCUT2D eigenvalue weighted by Gasteiger charge is 2.30. The predicted molar refractivity (Wildman–Crippen MR) is 74.8 cm³/mol. The molecule has 2 heterocycles. The number of carbonyl (C=O) groups excluding carboxylic acids is 1. The minimum atomic E-state index is -0.225. The van der Waals surface area contributed by atoms with Crippen LogP contribution in [0.4, 0.5) is 0 Å². The summed E-state index contributed by atoms with van der Waals surface area (Å²) in [7, 11) is 0. The fourth-order valence-corrected chi connectivity index (χ4v) is 2.63. The SMILES string of the molecule is CC1(C)CC(NC(=O)c2ccc(Cl)nc2Cl)CCO1. The van der Waals surface area contributed by atoms with Crippen LogP contribution in [0.15, 0.2) is 12.1 Å². The number of ether oxygens (including phenoxy) is 1. The maximum Gasteiger partial charge on any atom is 0.254 e. The van der Waals surface area contributed by atoms with Gasteiger partial charge < -0.3 is 10.1 Å². The molecule has 104 valence electrons. The first kappa shape index (κ1) is 14.6. The van der Waals surface area contributed by atoms with Gasteiger partial charge in [0.05, 0.1) is 11.2 Å². The molecule has 0 bridgehead atoms. The molecule has 1 fully saturated rings. The van der Waals surface area contributed by atoms with Crippen molar-refractivity contribution in [2.45, 2.75) is 38.3 Å². The van der Waals surface area contributed by atoms with Crippen molar-refractivity contribution in [3.05, 3.63) is 28.0 Å². The van der Waals surface area contributed by atoms with Crippen molar-refractivity contribution in [3.63, 3.8) is 0 Å². The summed E-state index contributed by atoms with van der Waals surface area (Å²) in [6.45, 7) is 4.68. The number of nitrogens with zero attached hydrogens (tertiary/aromatic N) is 1. The van der Waals surface area contributed by atoms with Gasteiger partial charge in [-0.15, -0.1) is 0 Å². The molecule has 1 N–H and O–H groups in total. The van der Waals surface area contributed by atoms with Crippen molar-refractivity contribution in [2.24, 2.45) is 0 Å². The number of carbonyl (C=O) groups is 1. The summed E-state index contributed by atoms with van der Waals surface area (Å²) in [4.78, 5) is 16.0. The first-order chi connectivity index (χ1) is 8.87. The Hall–Kier alpha value is -0.840. The lowest BCUT2D eigenvalue weighted by molar-refractivity contribution is -0.0615. The lowest BCUT2D eigenvalue weighted by atomic mass is 9.94. The van der Waals surface area contributed by atoms with Gasteiger partial charge in [-0.3, -0.25) is 4.79 Å². The van der Waals surface area contributed by atoms with Gasteiger partial charge in [0.1, 0.15) is 10.3 Å². The van der Waals surface area contributed by atoms with Gasteiger partial charge in [-0.1, -0.05) is 23.2 Å². The number of rotatable bonds is 2. The number of hydrogen-bond acceptors (Lipinski definition) is 3. The fourth-order valence-electron chi connectivity index (χ4n) is 2.20. The van der Waals surface area contributed by atoms with Crippen LogP contribution in [0.25, 0.3) is 0 Å². The lowest BCUT2D eigenvalue weighted by Gasteiger charge is -2.35. The molecule has 1 aromatic rings. The van der Waals surface area contributed by atoms with Crippen molar-refractivity contribution in [2.75, 3.05) is 6.61 Å². The smallest absolute Gasteiger partial charge is 0.254 e. The zero-order chi connectivity index (χ0) is 14.0. The number of amides is 1. The Bertz CT molecular complexity index is 492. The van der Waals surface area contributed by atoms with E-state index in [2.05, 4.69) is 10.3 Å². The average Bonchev–Trinajstić information content (AvgIpc) is 2.27. The van der Waals surface area contributed by atoms with E-state index >= 15 is 0 Å². The van der Waals surface area contributed by atoms with Crippen LogP contribution in [-0.2, 0) is 4.74 Å². The minimum absolute atomic E-state index is 0.0861. The number of aromatic nitrogens is 1. The summed E-state index contributed by atoms with van der Waals surface area (Å²) in [6.07, 6.45) is 1.57. The zero-order valence-corrected chi connectivity index (χ0v) is 12.4. The van der Waals surface area contributed by atoms with E-state index in [4.69, 9.17) is 27.9 Å². The van der Waals surface area contributed by atoms with E-state index in [-0.39, 0.29) is 27.9 Å². The first-order valence-electron chi connectivity index (χ1n) is 6.14. The largest absolute Gasteiger partial charge is 0.375 e. The second kappa shape index (κ2) is 5.65.